The molecule has 0 aliphatic rings. The van der Waals surface area contributed by atoms with Crippen LogP contribution in [0, 0.1) is 0 Å². The number of hydrogen-bond acceptors (Lipinski definition) is 6. The highest BCUT2D eigenvalue weighted by Crippen LogP contribution is 2.32. The topological polar surface area (TPSA) is 63.7 Å². The van der Waals surface area contributed by atoms with E-state index in [0.29, 0.717) is 0 Å². The van der Waals surface area contributed by atoms with Gasteiger partial charge in [0.05, 0.1) is 18.1 Å². The molecule has 0 aliphatic carbocycles. The highest BCUT2D eigenvalue weighted by Gasteiger charge is 2.10. The summed E-state index contributed by atoms with van der Waals surface area (Å²) < 4.78 is 5.22. The first-order chi connectivity index (χ1) is 10.3. The average Bonchev–Trinajstić information content (AvgIpc) is 3.12. The zero-order valence-corrected chi connectivity index (χ0v) is 12.7. The van der Waals surface area contributed by atoms with Crippen LogP contribution in [0.3, 0.4) is 0 Å². The van der Waals surface area contributed by atoms with Crippen molar-refractivity contribution in [3.63, 3.8) is 0 Å². The number of aromatic nitrogens is 4. The minimum Gasteiger partial charge on any atom is -0.497 e. The molecule has 0 saturated carbocycles. The molecule has 3 heterocycles. The normalized spacial score (nSPS) is 11.3. The van der Waals surface area contributed by atoms with Crippen molar-refractivity contribution in [2.75, 3.05) is 7.11 Å². The van der Waals surface area contributed by atoms with Gasteiger partial charge in [-0.2, -0.15) is 0 Å². The van der Waals surface area contributed by atoms with E-state index in [-0.39, 0.29) is 0 Å². The fraction of sp³-hybridized carbons (Fsp3) is 0.0714. The second-order valence-corrected chi connectivity index (χ2v) is 6.22. The number of thiophene rings is 1. The van der Waals surface area contributed by atoms with Gasteiger partial charge in [0, 0.05) is 11.5 Å². The van der Waals surface area contributed by atoms with Gasteiger partial charge in [0.1, 0.15) is 21.9 Å². The summed E-state index contributed by atoms with van der Waals surface area (Å²) in [6, 6.07) is 7.81. The molecule has 0 bridgehead atoms. The van der Waals surface area contributed by atoms with Gasteiger partial charge in [-0.15, -0.1) is 11.3 Å². The highest BCUT2D eigenvalue weighted by atomic mass is 32.2. The van der Waals surface area contributed by atoms with Crippen molar-refractivity contribution in [1.29, 1.82) is 0 Å². The molecule has 104 valence electrons. The summed E-state index contributed by atoms with van der Waals surface area (Å²) in [6.07, 6.45) is 1.59. The number of hydrogen-bond donors (Lipinski definition) is 1. The predicted molar refractivity (Wildman–Crippen MR) is 84.2 cm³/mol. The van der Waals surface area contributed by atoms with Crippen LogP contribution in [0.15, 0.2) is 46.2 Å². The number of aromatic amines is 1. The number of rotatable bonds is 3. The third-order valence-corrected chi connectivity index (χ3v) is 4.81. The minimum atomic E-state index is 0.810. The van der Waals surface area contributed by atoms with Crippen LogP contribution in [0.4, 0.5) is 0 Å². The summed E-state index contributed by atoms with van der Waals surface area (Å²) >= 11 is 3.12. The Kier molecular flexibility index (Phi) is 3.01. The van der Waals surface area contributed by atoms with Crippen molar-refractivity contribution in [2.24, 2.45) is 0 Å². The lowest BCUT2D eigenvalue weighted by Gasteiger charge is -1.98. The molecule has 1 N–H and O–H groups in total. The number of nitrogens with one attached hydrogen (secondary N) is 1. The number of fused-ring (bicyclic) bond motifs is 2. The Morgan fingerprint density at radius 2 is 2.19 bits per heavy atom. The maximum Gasteiger partial charge on any atom is 0.172 e. The fourth-order valence-corrected chi connectivity index (χ4v) is 3.74. The Labute approximate surface area is 128 Å². The maximum atomic E-state index is 5.22. The summed E-state index contributed by atoms with van der Waals surface area (Å²) in [5.41, 5.74) is 1.86. The third-order valence-electron chi connectivity index (χ3n) is 3.09. The molecule has 3 aromatic heterocycles. The van der Waals surface area contributed by atoms with E-state index in [4.69, 9.17) is 4.74 Å². The number of H-pyrrole nitrogens is 1. The Morgan fingerprint density at radius 1 is 1.24 bits per heavy atom. The molecule has 0 radical (unpaired) electrons. The van der Waals surface area contributed by atoms with Crippen LogP contribution in [0.1, 0.15) is 0 Å². The monoisotopic (exact) mass is 314 g/mol. The molecule has 0 unspecified atom stereocenters. The van der Waals surface area contributed by atoms with Crippen molar-refractivity contribution >= 4 is 44.3 Å². The van der Waals surface area contributed by atoms with Crippen LogP contribution in [-0.4, -0.2) is 27.0 Å². The Hall–Kier alpha value is -2.12. The van der Waals surface area contributed by atoms with Gasteiger partial charge in [0.2, 0.25) is 0 Å². The number of ether oxygens (including phenoxy) is 1. The molecule has 5 nitrogen and oxygen atoms in total. The van der Waals surface area contributed by atoms with E-state index in [1.165, 1.54) is 11.8 Å². The largest absolute Gasteiger partial charge is 0.497 e. The van der Waals surface area contributed by atoms with Crippen LogP contribution >= 0.6 is 23.1 Å². The van der Waals surface area contributed by atoms with Crippen LogP contribution in [0.25, 0.3) is 21.3 Å². The molecule has 4 rings (SSSR count). The summed E-state index contributed by atoms with van der Waals surface area (Å²) in [5, 5.41) is 4.80. The van der Waals surface area contributed by atoms with Crippen molar-refractivity contribution in [3.8, 4) is 5.75 Å². The molecule has 0 atom stereocenters. The van der Waals surface area contributed by atoms with Gasteiger partial charge >= 0.3 is 0 Å². The van der Waals surface area contributed by atoms with E-state index < -0.39 is 0 Å². The zero-order valence-electron chi connectivity index (χ0n) is 11.0. The van der Waals surface area contributed by atoms with E-state index in [9.17, 15) is 0 Å². The number of nitrogens with zero attached hydrogens (tertiary/aromatic N) is 3. The van der Waals surface area contributed by atoms with E-state index in [1.54, 1.807) is 24.8 Å². The molecule has 7 heteroatoms. The first-order valence-electron chi connectivity index (χ1n) is 6.23. The van der Waals surface area contributed by atoms with Gasteiger partial charge in [0.15, 0.2) is 5.16 Å². The SMILES string of the molecule is COc1ccc2nc(Sc3ncnc4sccc34)[nH]c2c1. The lowest BCUT2D eigenvalue weighted by Crippen LogP contribution is -1.83. The molecular weight excluding hydrogens is 304 g/mol. The standard InChI is InChI=1S/C14H10N4OS2/c1-19-8-2-3-10-11(6-8)18-14(17-10)21-13-9-4-5-20-12(9)15-7-16-13/h2-7H,1H3,(H,17,18). The van der Waals surface area contributed by atoms with Gasteiger partial charge in [-0.1, -0.05) is 0 Å². The first kappa shape index (κ1) is 12.6. The molecular formula is C14H10N4OS2. The van der Waals surface area contributed by atoms with E-state index in [2.05, 4.69) is 19.9 Å². The molecule has 0 amide bonds. The van der Waals surface area contributed by atoms with Crippen LogP contribution < -0.4 is 4.74 Å². The van der Waals surface area contributed by atoms with Gasteiger partial charge < -0.3 is 9.72 Å². The van der Waals surface area contributed by atoms with Crippen molar-refractivity contribution < 1.29 is 4.74 Å². The molecule has 0 aliphatic heterocycles. The molecule has 1 aromatic carbocycles. The van der Waals surface area contributed by atoms with E-state index >= 15 is 0 Å². The highest BCUT2D eigenvalue weighted by molar-refractivity contribution is 7.99. The van der Waals surface area contributed by atoms with Crippen LogP contribution in [-0.2, 0) is 0 Å². The molecule has 0 spiro atoms. The molecule has 0 fully saturated rings. The number of methoxy groups -OCH3 is 1. The number of benzene rings is 1. The lowest BCUT2D eigenvalue weighted by atomic mass is 10.3. The van der Waals surface area contributed by atoms with Crippen molar-refractivity contribution in [1.82, 2.24) is 19.9 Å². The van der Waals surface area contributed by atoms with Crippen LogP contribution in [0.5, 0.6) is 5.75 Å². The summed E-state index contributed by atoms with van der Waals surface area (Å²) in [7, 11) is 1.65. The molecule has 4 aromatic rings. The van der Waals surface area contributed by atoms with Gasteiger partial charge in [-0.25, -0.2) is 15.0 Å². The number of imidazole rings is 1. The second-order valence-electron chi connectivity index (χ2n) is 4.35. The summed E-state index contributed by atoms with van der Waals surface area (Å²) in [6.45, 7) is 0. The van der Waals surface area contributed by atoms with E-state index in [1.807, 2.05) is 29.6 Å². The Morgan fingerprint density at radius 3 is 3.10 bits per heavy atom. The van der Waals surface area contributed by atoms with Gasteiger partial charge in [-0.3, -0.25) is 0 Å². The zero-order chi connectivity index (χ0) is 14.2. The van der Waals surface area contributed by atoms with Crippen molar-refractivity contribution in [2.45, 2.75) is 10.2 Å². The van der Waals surface area contributed by atoms with Crippen molar-refractivity contribution in [3.05, 3.63) is 36.0 Å². The molecule has 21 heavy (non-hydrogen) atoms. The smallest absolute Gasteiger partial charge is 0.172 e. The van der Waals surface area contributed by atoms with Crippen LogP contribution in [0.2, 0.25) is 0 Å². The Balaban J connectivity index is 1.75. The Bertz CT molecular complexity index is 931. The third kappa shape index (κ3) is 2.24. The fourth-order valence-electron chi connectivity index (χ4n) is 2.08. The second kappa shape index (κ2) is 5.01. The lowest BCUT2D eigenvalue weighted by molar-refractivity contribution is 0.415. The van der Waals surface area contributed by atoms with Gasteiger partial charge in [0.25, 0.3) is 0 Å². The maximum absolute atomic E-state index is 5.22. The quantitative estimate of drug-likeness (QED) is 0.584. The van der Waals surface area contributed by atoms with E-state index in [0.717, 1.165) is 37.2 Å². The first-order valence-corrected chi connectivity index (χ1v) is 7.93. The average molecular weight is 314 g/mol. The predicted octanol–water partition coefficient (Wildman–Crippen LogP) is 3.73. The molecule has 0 saturated heterocycles. The summed E-state index contributed by atoms with van der Waals surface area (Å²) in [4.78, 5) is 17.5. The minimum absolute atomic E-state index is 0.810. The summed E-state index contributed by atoms with van der Waals surface area (Å²) in [5.74, 6) is 0.810. The van der Waals surface area contributed by atoms with Gasteiger partial charge in [-0.05, 0) is 35.3 Å².